The van der Waals surface area contributed by atoms with E-state index in [4.69, 9.17) is 4.74 Å². The fraction of sp³-hybridized carbons (Fsp3) is 0.520. The van der Waals surface area contributed by atoms with Crippen LogP contribution in [0.15, 0.2) is 54.4 Å². The van der Waals surface area contributed by atoms with Gasteiger partial charge in [-0.3, -0.25) is 9.69 Å². The van der Waals surface area contributed by atoms with Crippen LogP contribution in [0.25, 0.3) is 0 Å². The first-order valence-corrected chi connectivity index (χ1v) is 11.7. The van der Waals surface area contributed by atoms with Gasteiger partial charge in [-0.1, -0.05) is 42.0 Å². The molecule has 1 N–H and O–H groups in total. The molecule has 1 amide bonds. The molecular weight excluding hydrogens is 416 g/mol. The van der Waals surface area contributed by atoms with E-state index in [0.29, 0.717) is 18.9 Å². The van der Waals surface area contributed by atoms with Crippen LogP contribution in [0.5, 0.6) is 5.75 Å². The Balaban J connectivity index is 1.39. The lowest BCUT2D eigenvalue weighted by Crippen LogP contribution is -2.44. The molecule has 1 aromatic carbocycles. The summed E-state index contributed by atoms with van der Waals surface area (Å²) in [5.41, 5.74) is 3.77. The van der Waals surface area contributed by atoms with Crippen molar-refractivity contribution in [1.29, 1.82) is 0 Å². The molecule has 8 heteroatoms. The molecule has 8 nitrogen and oxygen atoms in total. The minimum atomic E-state index is -0.198. The number of carbonyl (C=O) groups is 1. The number of carbonyl (C=O) groups excluding carboxylic acids is 1. The van der Waals surface area contributed by atoms with E-state index >= 15 is 0 Å². The molecule has 1 aromatic heterocycles. The Morgan fingerprint density at radius 2 is 2.18 bits per heavy atom. The maximum absolute atomic E-state index is 13.2. The van der Waals surface area contributed by atoms with Crippen LogP contribution in [0.1, 0.15) is 44.2 Å². The molecule has 0 radical (unpaired) electrons. The van der Waals surface area contributed by atoms with Crippen LogP contribution < -0.4 is 10.1 Å². The van der Waals surface area contributed by atoms with Gasteiger partial charge < -0.3 is 10.1 Å². The second kappa shape index (κ2) is 10.7. The molecule has 0 spiro atoms. The fourth-order valence-electron chi connectivity index (χ4n) is 4.94. The van der Waals surface area contributed by atoms with E-state index in [-0.39, 0.29) is 18.0 Å². The minimum absolute atomic E-state index is 0.0664. The summed E-state index contributed by atoms with van der Waals surface area (Å²) < 4.78 is 7.21. The van der Waals surface area contributed by atoms with Gasteiger partial charge in [0.15, 0.2) is 0 Å². The van der Waals surface area contributed by atoms with E-state index in [1.165, 1.54) is 11.1 Å². The zero-order chi connectivity index (χ0) is 23.2. The summed E-state index contributed by atoms with van der Waals surface area (Å²) in [5.74, 6) is 1.50. The third-order valence-electron chi connectivity index (χ3n) is 6.92. The molecule has 3 atom stereocenters. The highest BCUT2D eigenvalue weighted by molar-refractivity contribution is 5.82. The molecule has 2 aliphatic rings. The molecule has 2 heterocycles. The molecule has 1 aliphatic carbocycles. The van der Waals surface area contributed by atoms with E-state index < -0.39 is 0 Å². The van der Waals surface area contributed by atoms with Gasteiger partial charge in [0.25, 0.3) is 0 Å². The van der Waals surface area contributed by atoms with E-state index in [1.807, 2.05) is 24.3 Å². The summed E-state index contributed by atoms with van der Waals surface area (Å²) in [6, 6.07) is 7.83. The quantitative estimate of drug-likeness (QED) is 0.591. The van der Waals surface area contributed by atoms with Crippen molar-refractivity contribution in [2.45, 2.75) is 51.1 Å². The Labute approximate surface area is 195 Å². The van der Waals surface area contributed by atoms with Crippen molar-refractivity contribution in [1.82, 2.24) is 30.4 Å². The molecule has 0 bridgehead atoms. The maximum atomic E-state index is 13.2. The highest BCUT2D eigenvalue weighted by atomic mass is 16.5. The predicted octanol–water partition coefficient (Wildman–Crippen LogP) is 2.96. The summed E-state index contributed by atoms with van der Waals surface area (Å²) in [4.78, 5) is 15.5. The van der Waals surface area contributed by atoms with E-state index in [0.717, 1.165) is 50.1 Å². The number of methoxy groups -OCH3 is 1. The Kier molecular flexibility index (Phi) is 7.54. The molecule has 176 valence electrons. The van der Waals surface area contributed by atoms with Crippen LogP contribution in [-0.2, 0) is 11.2 Å². The van der Waals surface area contributed by atoms with Crippen molar-refractivity contribution >= 4 is 5.91 Å². The first kappa shape index (κ1) is 23.2. The van der Waals surface area contributed by atoms with Crippen molar-refractivity contribution in [3.8, 4) is 5.75 Å². The third-order valence-corrected chi connectivity index (χ3v) is 6.92. The summed E-state index contributed by atoms with van der Waals surface area (Å²) in [6.45, 7) is 8.38. The second-order valence-corrected chi connectivity index (χ2v) is 9.16. The number of aromatic nitrogens is 4. The number of amides is 1. The lowest BCUT2D eigenvalue weighted by Gasteiger charge is -2.28. The SMILES string of the molecule is C=C(C)[C@@H]1CC=C(CN2C[C@H](n3cnnn3)C[C@H]2C(=O)NCCc2ccccc2OC)CC1. The Morgan fingerprint density at radius 1 is 1.33 bits per heavy atom. The number of nitrogens with one attached hydrogen (secondary N) is 1. The third kappa shape index (κ3) is 5.68. The summed E-state index contributed by atoms with van der Waals surface area (Å²) >= 11 is 0. The van der Waals surface area contributed by atoms with E-state index in [1.54, 1.807) is 18.1 Å². The number of tetrazole rings is 1. The Bertz CT molecular complexity index is 987. The molecular formula is C25H34N6O2. The van der Waals surface area contributed by atoms with Gasteiger partial charge in [0.1, 0.15) is 12.1 Å². The summed E-state index contributed by atoms with van der Waals surface area (Å²) in [7, 11) is 1.67. The van der Waals surface area contributed by atoms with Gasteiger partial charge in [-0.05, 0) is 67.0 Å². The highest BCUT2D eigenvalue weighted by Gasteiger charge is 2.38. The van der Waals surface area contributed by atoms with Crippen LogP contribution >= 0.6 is 0 Å². The number of ether oxygens (including phenoxy) is 1. The van der Waals surface area contributed by atoms with Crippen LogP contribution in [0, 0.1) is 5.92 Å². The normalized spacial score (nSPS) is 23.2. The standard InChI is InChI=1S/C25H34N6O2/c1-18(2)20-10-8-19(9-11-20)15-30-16-22(31-17-27-28-29-31)14-23(30)25(32)26-13-12-21-6-4-5-7-24(21)33-3/h4-8,17,20,22-23H,1,9-16H2,2-3H3,(H,26,32)/t20-,22-,23+/m1/s1. The van der Waals surface area contributed by atoms with Gasteiger partial charge in [-0.25, -0.2) is 4.68 Å². The zero-order valence-electron chi connectivity index (χ0n) is 19.6. The number of hydrogen-bond acceptors (Lipinski definition) is 6. The molecule has 2 aromatic rings. The predicted molar refractivity (Wildman–Crippen MR) is 127 cm³/mol. The van der Waals surface area contributed by atoms with Crippen LogP contribution in [0.2, 0.25) is 0 Å². The second-order valence-electron chi connectivity index (χ2n) is 9.16. The van der Waals surface area contributed by atoms with Crippen molar-refractivity contribution in [3.63, 3.8) is 0 Å². The first-order valence-electron chi connectivity index (χ1n) is 11.7. The van der Waals surface area contributed by atoms with Crippen molar-refractivity contribution < 1.29 is 9.53 Å². The largest absolute Gasteiger partial charge is 0.496 e. The van der Waals surface area contributed by atoms with Gasteiger partial charge in [0.05, 0.1) is 19.2 Å². The number of para-hydroxylation sites is 1. The van der Waals surface area contributed by atoms with Gasteiger partial charge in [-0.15, -0.1) is 5.10 Å². The molecule has 1 aliphatic heterocycles. The lowest BCUT2D eigenvalue weighted by atomic mass is 9.85. The minimum Gasteiger partial charge on any atom is -0.496 e. The lowest BCUT2D eigenvalue weighted by molar-refractivity contribution is -0.125. The van der Waals surface area contributed by atoms with Crippen molar-refractivity contribution in [2.75, 3.05) is 26.7 Å². The average Bonchev–Trinajstić information content (AvgIpc) is 3.50. The topological polar surface area (TPSA) is 85.2 Å². The van der Waals surface area contributed by atoms with E-state index in [9.17, 15) is 4.79 Å². The number of rotatable bonds is 9. The first-order chi connectivity index (χ1) is 16.0. The van der Waals surface area contributed by atoms with E-state index in [2.05, 4.69) is 45.3 Å². The van der Waals surface area contributed by atoms with Crippen LogP contribution in [0.4, 0.5) is 0 Å². The maximum Gasteiger partial charge on any atom is 0.237 e. The number of hydrogen-bond donors (Lipinski definition) is 1. The molecule has 1 fully saturated rings. The Morgan fingerprint density at radius 3 is 2.88 bits per heavy atom. The van der Waals surface area contributed by atoms with Crippen molar-refractivity contribution in [3.05, 3.63) is 60.0 Å². The smallest absolute Gasteiger partial charge is 0.237 e. The fourth-order valence-corrected chi connectivity index (χ4v) is 4.94. The van der Waals surface area contributed by atoms with Gasteiger partial charge in [-0.2, -0.15) is 0 Å². The molecule has 0 saturated carbocycles. The van der Waals surface area contributed by atoms with Gasteiger partial charge >= 0.3 is 0 Å². The van der Waals surface area contributed by atoms with Crippen molar-refractivity contribution in [2.24, 2.45) is 5.92 Å². The zero-order valence-corrected chi connectivity index (χ0v) is 19.6. The number of benzene rings is 1. The average molecular weight is 451 g/mol. The number of nitrogens with zero attached hydrogens (tertiary/aromatic N) is 5. The number of likely N-dealkylation sites (tertiary alicyclic amines) is 1. The van der Waals surface area contributed by atoms with Crippen LogP contribution in [-0.4, -0.2) is 63.8 Å². The Hall–Kier alpha value is -3.00. The highest BCUT2D eigenvalue weighted by Crippen LogP contribution is 2.32. The summed E-state index contributed by atoms with van der Waals surface area (Å²) in [5, 5.41) is 14.8. The number of allylic oxidation sites excluding steroid dienone is 2. The monoisotopic (exact) mass is 450 g/mol. The molecule has 0 unspecified atom stereocenters. The molecule has 1 saturated heterocycles. The molecule has 33 heavy (non-hydrogen) atoms. The molecule has 4 rings (SSSR count). The van der Waals surface area contributed by atoms with Gasteiger partial charge in [0.2, 0.25) is 5.91 Å². The summed E-state index contributed by atoms with van der Waals surface area (Å²) in [6.07, 6.45) is 8.67. The van der Waals surface area contributed by atoms with Crippen LogP contribution in [0.3, 0.4) is 0 Å². The van der Waals surface area contributed by atoms with Gasteiger partial charge in [0, 0.05) is 19.6 Å².